The lowest BCUT2D eigenvalue weighted by Gasteiger charge is -2.05. The van der Waals surface area contributed by atoms with Gasteiger partial charge in [0.1, 0.15) is 11.6 Å². The van der Waals surface area contributed by atoms with Crippen LogP contribution in [0.1, 0.15) is 27.9 Å². The number of hydrogen-bond acceptors (Lipinski definition) is 3. The molecule has 0 bridgehead atoms. The van der Waals surface area contributed by atoms with E-state index >= 15 is 0 Å². The number of carboxylic acid groups (broad SMARTS) is 1. The van der Waals surface area contributed by atoms with E-state index in [1.165, 1.54) is 6.07 Å². The summed E-state index contributed by atoms with van der Waals surface area (Å²) in [4.78, 5) is 13.5. The zero-order chi connectivity index (χ0) is 11.6. The summed E-state index contributed by atoms with van der Waals surface area (Å²) >= 11 is 0. The summed E-state index contributed by atoms with van der Waals surface area (Å²) in [5.74, 6) is -3.16. The summed E-state index contributed by atoms with van der Waals surface area (Å²) in [5, 5.41) is 17.0. The normalized spacial score (nSPS) is 10.1. The maximum atomic E-state index is 12.8. The quantitative estimate of drug-likeness (QED) is 0.764. The van der Waals surface area contributed by atoms with Gasteiger partial charge in [-0.25, -0.2) is 18.6 Å². The fraction of sp³-hybridized carbons (Fsp3) is 0.125. The first-order valence-electron chi connectivity index (χ1n) is 3.59. The van der Waals surface area contributed by atoms with Crippen LogP contribution in [0.2, 0.25) is 0 Å². The van der Waals surface area contributed by atoms with E-state index in [-0.39, 0.29) is 0 Å². The van der Waals surface area contributed by atoms with E-state index in [9.17, 15) is 18.0 Å². The molecular weight excluding hydrogens is 213 g/mol. The van der Waals surface area contributed by atoms with Crippen LogP contribution >= 0.6 is 0 Å². The molecule has 0 atom stereocenters. The highest BCUT2D eigenvalue weighted by atomic mass is 19.3. The van der Waals surface area contributed by atoms with Gasteiger partial charge in [0, 0.05) is 6.20 Å². The van der Waals surface area contributed by atoms with Crippen molar-refractivity contribution in [3.63, 3.8) is 0 Å². The smallest absolute Gasteiger partial charge is 0.337 e. The Hall–Kier alpha value is -2.10. The molecule has 4 nitrogen and oxygen atoms in total. The van der Waals surface area contributed by atoms with E-state index in [1.54, 1.807) is 0 Å². The maximum absolute atomic E-state index is 12.8. The molecule has 0 saturated carbocycles. The third-order valence-electron chi connectivity index (χ3n) is 1.62. The number of aromatic carboxylic acids is 1. The number of rotatable bonds is 2. The molecule has 0 radical (unpaired) electrons. The Balaban J connectivity index is 3.58. The number of carbonyl (C=O) groups is 1. The summed E-state index contributed by atoms with van der Waals surface area (Å²) in [6.45, 7) is 0. The molecule has 1 aromatic rings. The molecule has 1 aromatic heterocycles. The standard InChI is InChI=1S/C8H3F3N2O2/c9-6(10)4-2-13-7(11)3(1-12)5(4)8(14)15/h2,6H,(H,14,15). The zero-order valence-corrected chi connectivity index (χ0v) is 7.04. The molecule has 0 unspecified atom stereocenters. The third-order valence-corrected chi connectivity index (χ3v) is 1.62. The van der Waals surface area contributed by atoms with Crippen LogP contribution in [0.4, 0.5) is 13.2 Å². The first-order valence-corrected chi connectivity index (χ1v) is 3.59. The topological polar surface area (TPSA) is 74.0 Å². The number of aromatic nitrogens is 1. The van der Waals surface area contributed by atoms with Gasteiger partial charge < -0.3 is 5.11 Å². The molecule has 0 amide bonds. The third kappa shape index (κ3) is 1.88. The van der Waals surface area contributed by atoms with Crippen molar-refractivity contribution >= 4 is 5.97 Å². The van der Waals surface area contributed by atoms with Crippen LogP contribution < -0.4 is 0 Å². The second-order valence-electron chi connectivity index (χ2n) is 2.47. The second kappa shape index (κ2) is 3.96. The van der Waals surface area contributed by atoms with Crippen molar-refractivity contribution in [2.75, 3.05) is 0 Å². The highest BCUT2D eigenvalue weighted by molar-refractivity contribution is 5.92. The van der Waals surface area contributed by atoms with Gasteiger partial charge in [-0.15, -0.1) is 0 Å². The van der Waals surface area contributed by atoms with Crippen molar-refractivity contribution in [2.45, 2.75) is 6.43 Å². The highest BCUT2D eigenvalue weighted by Crippen LogP contribution is 2.25. The summed E-state index contributed by atoms with van der Waals surface area (Å²) in [6, 6.07) is 1.19. The monoisotopic (exact) mass is 216 g/mol. The molecular formula is C8H3F3N2O2. The predicted octanol–water partition coefficient (Wildman–Crippen LogP) is 1.73. The van der Waals surface area contributed by atoms with E-state index in [0.29, 0.717) is 6.20 Å². The Kier molecular flexibility index (Phi) is 2.90. The average molecular weight is 216 g/mol. The van der Waals surface area contributed by atoms with Crippen molar-refractivity contribution < 1.29 is 23.1 Å². The van der Waals surface area contributed by atoms with Crippen LogP contribution in [0.15, 0.2) is 6.20 Å². The molecule has 0 saturated heterocycles. The van der Waals surface area contributed by atoms with Gasteiger partial charge in [-0.05, 0) is 0 Å². The van der Waals surface area contributed by atoms with Crippen molar-refractivity contribution in [2.24, 2.45) is 0 Å². The van der Waals surface area contributed by atoms with Crippen LogP contribution in [-0.4, -0.2) is 16.1 Å². The van der Waals surface area contributed by atoms with E-state index in [0.717, 1.165) is 0 Å². The molecule has 1 N–H and O–H groups in total. The Morgan fingerprint density at radius 1 is 1.60 bits per heavy atom. The second-order valence-corrected chi connectivity index (χ2v) is 2.47. The lowest BCUT2D eigenvalue weighted by molar-refractivity contribution is 0.0683. The molecule has 0 aromatic carbocycles. The van der Waals surface area contributed by atoms with Gasteiger partial charge in [-0.1, -0.05) is 0 Å². The van der Waals surface area contributed by atoms with Crippen LogP contribution in [0.3, 0.4) is 0 Å². The SMILES string of the molecule is N#Cc1c(F)ncc(C(F)F)c1C(=O)O. The Morgan fingerprint density at radius 3 is 2.60 bits per heavy atom. The molecule has 7 heteroatoms. The van der Waals surface area contributed by atoms with Gasteiger partial charge in [-0.3, -0.25) is 0 Å². The summed E-state index contributed by atoms with van der Waals surface area (Å²) in [5.41, 5.74) is -3.00. The minimum absolute atomic E-state index is 0.407. The Labute approximate surface area is 81.6 Å². The molecule has 78 valence electrons. The first kappa shape index (κ1) is 11.0. The fourth-order valence-corrected chi connectivity index (χ4v) is 1.00. The van der Waals surface area contributed by atoms with Crippen LogP contribution in [-0.2, 0) is 0 Å². The van der Waals surface area contributed by atoms with Crippen LogP contribution in [0, 0.1) is 17.3 Å². The minimum atomic E-state index is -3.13. The molecule has 0 aliphatic carbocycles. The van der Waals surface area contributed by atoms with Crippen LogP contribution in [0.5, 0.6) is 0 Å². The molecule has 0 fully saturated rings. The molecule has 1 heterocycles. The maximum Gasteiger partial charge on any atom is 0.337 e. The first-order chi connectivity index (χ1) is 6.99. The summed E-state index contributed by atoms with van der Waals surface area (Å²) in [7, 11) is 0. The Morgan fingerprint density at radius 2 is 2.20 bits per heavy atom. The summed E-state index contributed by atoms with van der Waals surface area (Å²) < 4.78 is 37.4. The van der Waals surface area contributed by atoms with Gasteiger partial charge in [-0.2, -0.15) is 9.65 Å². The van der Waals surface area contributed by atoms with Crippen molar-refractivity contribution in [1.29, 1.82) is 5.26 Å². The van der Waals surface area contributed by atoms with Gasteiger partial charge in [0.25, 0.3) is 6.43 Å². The van der Waals surface area contributed by atoms with Gasteiger partial charge in [0.05, 0.1) is 11.1 Å². The van der Waals surface area contributed by atoms with Gasteiger partial charge in [0.15, 0.2) is 0 Å². The number of halogens is 3. The van der Waals surface area contributed by atoms with Gasteiger partial charge in [0.2, 0.25) is 5.95 Å². The van der Waals surface area contributed by atoms with Gasteiger partial charge >= 0.3 is 5.97 Å². The van der Waals surface area contributed by atoms with Crippen molar-refractivity contribution in [1.82, 2.24) is 4.98 Å². The lowest BCUT2D eigenvalue weighted by atomic mass is 10.1. The fourth-order valence-electron chi connectivity index (χ4n) is 1.00. The highest BCUT2D eigenvalue weighted by Gasteiger charge is 2.25. The predicted molar refractivity (Wildman–Crippen MR) is 40.8 cm³/mol. The molecule has 1 rings (SSSR count). The van der Waals surface area contributed by atoms with E-state index in [2.05, 4.69) is 4.98 Å². The number of carboxylic acids is 1. The van der Waals surface area contributed by atoms with Crippen molar-refractivity contribution in [3.8, 4) is 6.07 Å². The molecule has 15 heavy (non-hydrogen) atoms. The molecule has 0 aliphatic rings. The zero-order valence-electron chi connectivity index (χ0n) is 7.04. The van der Waals surface area contributed by atoms with E-state index in [1.807, 2.05) is 0 Å². The lowest BCUT2D eigenvalue weighted by Crippen LogP contribution is -2.09. The molecule has 0 aliphatic heterocycles. The van der Waals surface area contributed by atoms with Crippen molar-refractivity contribution in [3.05, 3.63) is 28.8 Å². The molecule has 0 spiro atoms. The minimum Gasteiger partial charge on any atom is -0.478 e. The summed E-state index contributed by atoms with van der Waals surface area (Å²) in [6.07, 6.45) is -2.72. The van der Waals surface area contributed by atoms with Crippen LogP contribution in [0.25, 0.3) is 0 Å². The largest absolute Gasteiger partial charge is 0.478 e. The number of alkyl halides is 2. The number of nitrogens with zero attached hydrogens (tertiary/aromatic N) is 2. The number of hydrogen-bond donors (Lipinski definition) is 1. The van der Waals surface area contributed by atoms with E-state index in [4.69, 9.17) is 10.4 Å². The number of nitriles is 1. The number of pyridine rings is 1. The van der Waals surface area contributed by atoms with E-state index < -0.39 is 35.0 Å². The average Bonchev–Trinajstić information content (AvgIpc) is 2.16. The Bertz CT molecular complexity index is 454.